The molecule has 120 valence electrons. The fraction of sp³-hybridized carbons (Fsp3) is 0.353. The lowest BCUT2D eigenvalue weighted by Crippen LogP contribution is -2.06. The highest BCUT2D eigenvalue weighted by atomic mass is 16.5. The highest BCUT2D eigenvalue weighted by molar-refractivity contribution is 5.56. The van der Waals surface area contributed by atoms with Crippen molar-refractivity contribution in [3.05, 3.63) is 47.4 Å². The minimum absolute atomic E-state index is 0.708. The predicted octanol–water partition coefficient (Wildman–Crippen LogP) is 2.84. The minimum Gasteiger partial charge on any atom is -0.497 e. The van der Waals surface area contributed by atoms with Crippen LogP contribution in [0.5, 0.6) is 5.75 Å². The van der Waals surface area contributed by atoms with Gasteiger partial charge in [0.1, 0.15) is 17.8 Å². The van der Waals surface area contributed by atoms with Crippen LogP contribution in [0.1, 0.15) is 23.7 Å². The average molecular weight is 311 g/mol. The number of aryl methyl sites for hydroxylation is 2. The Morgan fingerprint density at radius 3 is 2.52 bits per heavy atom. The highest BCUT2D eigenvalue weighted by Gasteiger charge is 2.18. The van der Waals surface area contributed by atoms with E-state index < -0.39 is 0 Å². The lowest BCUT2D eigenvalue weighted by Gasteiger charge is -2.09. The maximum Gasteiger partial charge on any atom is 0.182 e. The molecule has 0 aliphatic rings. The van der Waals surface area contributed by atoms with Gasteiger partial charge < -0.3 is 9.30 Å². The van der Waals surface area contributed by atoms with Crippen molar-refractivity contribution in [1.82, 2.24) is 24.5 Å². The summed E-state index contributed by atoms with van der Waals surface area (Å²) < 4.78 is 9.24. The Balaban J connectivity index is 1.96. The Hall–Kier alpha value is -2.63. The van der Waals surface area contributed by atoms with Gasteiger partial charge in [0.15, 0.2) is 5.82 Å². The molecule has 0 aliphatic heterocycles. The molecule has 0 amide bonds. The van der Waals surface area contributed by atoms with Crippen LogP contribution in [-0.4, -0.2) is 31.7 Å². The summed E-state index contributed by atoms with van der Waals surface area (Å²) in [6.07, 6.45) is 1.77. The number of nitrogens with zero attached hydrogens (tertiary/aromatic N) is 5. The molecular weight excluding hydrogens is 290 g/mol. The van der Waals surface area contributed by atoms with E-state index in [9.17, 15) is 0 Å². The van der Waals surface area contributed by atoms with Gasteiger partial charge in [-0.05, 0) is 38.5 Å². The molecule has 6 nitrogen and oxygen atoms in total. The van der Waals surface area contributed by atoms with Crippen molar-refractivity contribution in [2.24, 2.45) is 0 Å². The number of benzene rings is 1. The van der Waals surface area contributed by atoms with Crippen molar-refractivity contribution in [3.8, 4) is 17.3 Å². The molecule has 0 aliphatic carbocycles. The summed E-state index contributed by atoms with van der Waals surface area (Å²) in [4.78, 5) is 0. The molecule has 1 aromatic carbocycles. The quantitative estimate of drug-likeness (QED) is 0.727. The van der Waals surface area contributed by atoms with Gasteiger partial charge in [0.25, 0.3) is 0 Å². The van der Waals surface area contributed by atoms with Crippen LogP contribution in [0.4, 0.5) is 0 Å². The fourth-order valence-electron chi connectivity index (χ4n) is 2.66. The zero-order chi connectivity index (χ0) is 16.4. The van der Waals surface area contributed by atoms with E-state index in [1.54, 1.807) is 13.4 Å². The summed E-state index contributed by atoms with van der Waals surface area (Å²) in [7, 11) is 1.67. The van der Waals surface area contributed by atoms with Crippen LogP contribution >= 0.6 is 0 Å². The standard InChI is InChI=1S/C17H21N5O/c1-5-22-16(12(2)13(3)20-22)17-19-18-11-21(17)10-14-6-8-15(23-4)9-7-14/h6-9,11H,5,10H2,1-4H3. The number of hydrogen-bond donors (Lipinski definition) is 0. The van der Waals surface area contributed by atoms with E-state index in [-0.39, 0.29) is 0 Å². The Bertz CT molecular complexity index is 801. The van der Waals surface area contributed by atoms with Crippen molar-refractivity contribution in [1.29, 1.82) is 0 Å². The smallest absolute Gasteiger partial charge is 0.182 e. The van der Waals surface area contributed by atoms with Crippen LogP contribution in [0.2, 0.25) is 0 Å². The Morgan fingerprint density at radius 1 is 1.13 bits per heavy atom. The maximum atomic E-state index is 5.20. The van der Waals surface area contributed by atoms with Crippen molar-refractivity contribution in [3.63, 3.8) is 0 Å². The second-order valence-corrected chi connectivity index (χ2v) is 5.51. The third kappa shape index (κ3) is 2.84. The maximum absolute atomic E-state index is 5.20. The van der Waals surface area contributed by atoms with Crippen LogP contribution < -0.4 is 4.74 Å². The summed E-state index contributed by atoms with van der Waals surface area (Å²) in [5.74, 6) is 1.70. The second kappa shape index (κ2) is 6.24. The first kappa shape index (κ1) is 15.3. The van der Waals surface area contributed by atoms with Gasteiger partial charge in [-0.2, -0.15) is 5.10 Å². The molecule has 3 rings (SSSR count). The first-order valence-electron chi connectivity index (χ1n) is 7.69. The molecule has 0 saturated carbocycles. The molecule has 0 unspecified atom stereocenters. The normalized spacial score (nSPS) is 11.0. The van der Waals surface area contributed by atoms with Crippen molar-refractivity contribution in [2.45, 2.75) is 33.9 Å². The molecular formula is C17H21N5O. The van der Waals surface area contributed by atoms with Crippen LogP contribution in [-0.2, 0) is 13.1 Å². The third-order valence-corrected chi connectivity index (χ3v) is 4.07. The molecule has 23 heavy (non-hydrogen) atoms. The molecule has 0 fully saturated rings. The van der Waals surface area contributed by atoms with Gasteiger partial charge in [-0.25, -0.2) is 0 Å². The van der Waals surface area contributed by atoms with Gasteiger partial charge in [-0.1, -0.05) is 12.1 Å². The van der Waals surface area contributed by atoms with Gasteiger partial charge in [0.2, 0.25) is 0 Å². The Labute approximate surface area is 135 Å². The second-order valence-electron chi connectivity index (χ2n) is 5.51. The van der Waals surface area contributed by atoms with E-state index in [1.165, 1.54) is 5.56 Å². The van der Waals surface area contributed by atoms with Gasteiger partial charge >= 0.3 is 0 Å². The monoisotopic (exact) mass is 311 g/mol. The van der Waals surface area contributed by atoms with E-state index in [1.807, 2.05) is 23.7 Å². The molecule has 0 N–H and O–H groups in total. The molecule has 0 atom stereocenters. The first-order valence-corrected chi connectivity index (χ1v) is 7.69. The molecule has 0 spiro atoms. The van der Waals surface area contributed by atoms with Crippen LogP contribution in [0.15, 0.2) is 30.6 Å². The third-order valence-electron chi connectivity index (χ3n) is 4.07. The molecule has 2 heterocycles. The van der Waals surface area contributed by atoms with Crippen LogP contribution in [0.3, 0.4) is 0 Å². The van der Waals surface area contributed by atoms with E-state index in [4.69, 9.17) is 4.74 Å². The Kier molecular flexibility index (Phi) is 4.14. The summed E-state index contributed by atoms with van der Waals surface area (Å²) >= 11 is 0. The fourth-order valence-corrected chi connectivity index (χ4v) is 2.66. The number of ether oxygens (including phenoxy) is 1. The molecule has 3 aromatic rings. The van der Waals surface area contributed by atoms with Gasteiger partial charge in [0.05, 0.1) is 19.3 Å². The van der Waals surface area contributed by atoms with Crippen LogP contribution in [0.25, 0.3) is 11.5 Å². The van der Waals surface area contributed by atoms with E-state index >= 15 is 0 Å². The number of hydrogen-bond acceptors (Lipinski definition) is 4. The first-order chi connectivity index (χ1) is 11.1. The number of rotatable bonds is 5. The number of methoxy groups -OCH3 is 1. The number of aromatic nitrogens is 5. The lowest BCUT2D eigenvalue weighted by molar-refractivity contribution is 0.414. The van der Waals surface area contributed by atoms with Crippen molar-refractivity contribution in [2.75, 3.05) is 7.11 Å². The summed E-state index contributed by atoms with van der Waals surface area (Å²) in [6, 6.07) is 8.03. The molecule has 2 aromatic heterocycles. The predicted molar refractivity (Wildman–Crippen MR) is 88.5 cm³/mol. The minimum atomic E-state index is 0.708. The van der Waals surface area contributed by atoms with Crippen molar-refractivity contribution >= 4 is 0 Å². The zero-order valence-electron chi connectivity index (χ0n) is 13.9. The van der Waals surface area contributed by atoms with Crippen LogP contribution in [0, 0.1) is 13.8 Å². The highest BCUT2D eigenvalue weighted by Crippen LogP contribution is 2.24. The van der Waals surface area contributed by atoms with Gasteiger partial charge in [-0.15, -0.1) is 10.2 Å². The van der Waals surface area contributed by atoms with E-state index in [0.29, 0.717) is 6.54 Å². The van der Waals surface area contributed by atoms with Crippen molar-refractivity contribution < 1.29 is 4.74 Å². The lowest BCUT2D eigenvalue weighted by atomic mass is 10.2. The van der Waals surface area contributed by atoms with E-state index in [2.05, 4.69) is 45.8 Å². The molecule has 0 bridgehead atoms. The van der Waals surface area contributed by atoms with Gasteiger partial charge in [0, 0.05) is 12.1 Å². The summed E-state index contributed by atoms with van der Waals surface area (Å²) in [6.45, 7) is 7.70. The molecule has 6 heteroatoms. The topological polar surface area (TPSA) is 57.8 Å². The zero-order valence-corrected chi connectivity index (χ0v) is 13.9. The van der Waals surface area contributed by atoms with Gasteiger partial charge in [-0.3, -0.25) is 4.68 Å². The average Bonchev–Trinajstić information content (AvgIpc) is 3.12. The molecule has 0 saturated heterocycles. The Morgan fingerprint density at radius 2 is 1.87 bits per heavy atom. The molecule has 0 radical (unpaired) electrons. The summed E-state index contributed by atoms with van der Waals surface area (Å²) in [5.41, 5.74) is 4.39. The largest absolute Gasteiger partial charge is 0.497 e. The SMILES string of the molecule is CCn1nc(C)c(C)c1-c1nncn1Cc1ccc(OC)cc1. The summed E-state index contributed by atoms with van der Waals surface area (Å²) in [5, 5.41) is 13.0. The van der Waals surface area contributed by atoms with E-state index in [0.717, 1.165) is 35.1 Å².